The molecule has 9 heteroatoms. The predicted octanol–water partition coefficient (Wildman–Crippen LogP) is 2.00. The van der Waals surface area contributed by atoms with Gasteiger partial charge in [0.1, 0.15) is 4.83 Å². The summed E-state index contributed by atoms with van der Waals surface area (Å²) in [5.74, 6) is -0.163. The molecule has 0 spiro atoms. The lowest BCUT2D eigenvalue weighted by molar-refractivity contribution is -0.124. The van der Waals surface area contributed by atoms with E-state index in [0.29, 0.717) is 24.8 Å². The Labute approximate surface area is 158 Å². The van der Waals surface area contributed by atoms with E-state index in [0.717, 1.165) is 35.9 Å². The number of nitrogens with zero attached hydrogens (tertiary/aromatic N) is 3. The third-order valence-electron chi connectivity index (χ3n) is 4.84. The Morgan fingerprint density at radius 1 is 1.31 bits per heavy atom. The summed E-state index contributed by atoms with van der Waals surface area (Å²) in [6.45, 7) is 3.30. The first-order chi connectivity index (χ1) is 12.6. The van der Waals surface area contributed by atoms with E-state index in [1.165, 1.54) is 27.1 Å². The van der Waals surface area contributed by atoms with Gasteiger partial charge in [0.05, 0.1) is 11.1 Å². The zero-order valence-electron chi connectivity index (χ0n) is 14.5. The molecule has 138 valence electrons. The van der Waals surface area contributed by atoms with Gasteiger partial charge in [0, 0.05) is 24.5 Å². The van der Waals surface area contributed by atoms with Gasteiger partial charge in [-0.25, -0.2) is 9.78 Å². The largest absolute Gasteiger partial charge is 0.336 e. The highest BCUT2D eigenvalue weighted by Gasteiger charge is 2.27. The van der Waals surface area contributed by atoms with E-state index in [1.807, 2.05) is 6.92 Å². The summed E-state index contributed by atoms with van der Waals surface area (Å²) in [4.78, 5) is 44.9. The normalized spacial score (nSPS) is 16.8. The number of carbonyl (C=O) groups excluding carboxylic acids is 2. The van der Waals surface area contributed by atoms with Crippen molar-refractivity contribution in [2.45, 2.75) is 44.3 Å². The number of imide groups is 1. The van der Waals surface area contributed by atoms with Gasteiger partial charge < -0.3 is 5.32 Å². The van der Waals surface area contributed by atoms with Crippen LogP contribution >= 0.6 is 23.1 Å². The summed E-state index contributed by atoms with van der Waals surface area (Å²) in [7, 11) is 0. The van der Waals surface area contributed by atoms with Gasteiger partial charge in [-0.1, -0.05) is 11.8 Å². The van der Waals surface area contributed by atoms with E-state index >= 15 is 0 Å². The van der Waals surface area contributed by atoms with Crippen molar-refractivity contribution in [3.05, 3.63) is 20.8 Å². The molecule has 2 aliphatic rings. The molecule has 0 saturated carbocycles. The van der Waals surface area contributed by atoms with Crippen molar-refractivity contribution in [2.24, 2.45) is 0 Å². The van der Waals surface area contributed by atoms with E-state index in [-0.39, 0.29) is 23.3 Å². The SMILES string of the molecule is CCn1c(SCC(=O)N2CCNC2=O)nc2sc3c(c2c1=O)CCCC3. The van der Waals surface area contributed by atoms with Crippen molar-refractivity contribution in [3.8, 4) is 0 Å². The van der Waals surface area contributed by atoms with Crippen LogP contribution in [0.25, 0.3) is 10.2 Å². The Balaban J connectivity index is 1.65. The van der Waals surface area contributed by atoms with E-state index < -0.39 is 0 Å². The van der Waals surface area contributed by atoms with Crippen LogP contribution in [0.2, 0.25) is 0 Å². The van der Waals surface area contributed by atoms with Crippen molar-refractivity contribution in [1.82, 2.24) is 19.8 Å². The fourth-order valence-electron chi connectivity index (χ4n) is 3.52. The molecule has 3 amide bonds. The van der Waals surface area contributed by atoms with Crippen LogP contribution in [0.5, 0.6) is 0 Å². The predicted molar refractivity (Wildman–Crippen MR) is 102 cm³/mol. The van der Waals surface area contributed by atoms with Gasteiger partial charge in [0.2, 0.25) is 5.91 Å². The Morgan fingerprint density at radius 3 is 2.85 bits per heavy atom. The second kappa shape index (κ2) is 7.03. The van der Waals surface area contributed by atoms with Gasteiger partial charge in [-0.3, -0.25) is 19.1 Å². The first-order valence-corrected chi connectivity index (χ1v) is 10.7. The van der Waals surface area contributed by atoms with Gasteiger partial charge in [-0.15, -0.1) is 11.3 Å². The van der Waals surface area contributed by atoms with Crippen molar-refractivity contribution >= 4 is 45.3 Å². The quantitative estimate of drug-likeness (QED) is 0.636. The second-order valence-electron chi connectivity index (χ2n) is 6.40. The molecule has 0 aromatic carbocycles. The molecular formula is C17H20N4O3S2. The van der Waals surface area contributed by atoms with Crippen LogP contribution < -0.4 is 10.9 Å². The molecule has 7 nitrogen and oxygen atoms in total. The average Bonchev–Trinajstić information content (AvgIpc) is 3.22. The van der Waals surface area contributed by atoms with Gasteiger partial charge in [0.15, 0.2) is 5.16 Å². The lowest BCUT2D eigenvalue weighted by atomic mass is 9.97. The fraction of sp³-hybridized carbons (Fsp3) is 0.529. The molecule has 0 bridgehead atoms. The number of hydrogen-bond acceptors (Lipinski definition) is 6. The lowest BCUT2D eigenvalue weighted by Gasteiger charge is -2.14. The molecule has 1 aliphatic carbocycles. The highest BCUT2D eigenvalue weighted by molar-refractivity contribution is 7.99. The topological polar surface area (TPSA) is 84.3 Å². The molecule has 1 saturated heterocycles. The molecule has 1 aliphatic heterocycles. The van der Waals surface area contributed by atoms with Crippen LogP contribution in [0.15, 0.2) is 9.95 Å². The molecule has 4 rings (SSSR count). The summed E-state index contributed by atoms with van der Waals surface area (Å²) in [6, 6.07) is -0.349. The summed E-state index contributed by atoms with van der Waals surface area (Å²) in [5, 5.41) is 3.94. The number of urea groups is 1. The van der Waals surface area contributed by atoms with Crippen molar-refractivity contribution in [1.29, 1.82) is 0 Å². The Morgan fingerprint density at radius 2 is 2.12 bits per heavy atom. The fourth-order valence-corrected chi connectivity index (χ4v) is 5.76. The number of thioether (sulfide) groups is 1. The molecule has 0 atom stereocenters. The summed E-state index contributed by atoms with van der Waals surface area (Å²) >= 11 is 2.84. The number of rotatable bonds is 4. The number of thiophene rings is 1. The first kappa shape index (κ1) is 17.5. The Kier molecular flexibility index (Phi) is 4.74. The minimum atomic E-state index is -0.349. The molecule has 26 heavy (non-hydrogen) atoms. The third kappa shape index (κ3) is 2.92. The average molecular weight is 393 g/mol. The van der Waals surface area contributed by atoms with Crippen LogP contribution in [-0.4, -0.2) is 45.2 Å². The maximum atomic E-state index is 13.0. The molecule has 0 unspecified atom stereocenters. The number of carbonyl (C=O) groups is 2. The third-order valence-corrected chi connectivity index (χ3v) is 6.99. The Hall–Kier alpha value is -1.87. The number of nitrogens with one attached hydrogen (secondary N) is 1. The summed E-state index contributed by atoms with van der Waals surface area (Å²) in [5.41, 5.74) is 1.17. The molecule has 3 heterocycles. The second-order valence-corrected chi connectivity index (χ2v) is 8.43. The van der Waals surface area contributed by atoms with Crippen molar-refractivity contribution in [2.75, 3.05) is 18.8 Å². The number of aromatic nitrogens is 2. The molecule has 1 fully saturated rings. The van der Waals surface area contributed by atoms with Crippen LogP contribution in [-0.2, 0) is 24.2 Å². The zero-order valence-corrected chi connectivity index (χ0v) is 16.2. The van der Waals surface area contributed by atoms with Crippen LogP contribution in [0.1, 0.15) is 30.2 Å². The number of amides is 3. The summed E-state index contributed by atoms with van der Waals surface area (Å²) in [6.07, 6.45) is 4.25. The van der Waals surface area contributed by atoms with Gasteiger partial charge in [-0.2, -0.15) is 0 Å². The minimum Gasteiger partial charge on any atom is -0.336 e. The molecular weight excluding hydrogens is 372 g/mol. The number of hydrogen-bond donors (Lipinski definition) is 1. The monoisotopic (exact) mass is 392 g/mol. The maximum Gasteiger partial charge on any atom is 0.324 e. The summed E-state index contributed by atoms with van der Waals surface area (Å²) < 4.78 is 1.64. The molecule has 1 N–H and O–H groups in total. The van der Waals surface area contributed by atoms with E-state index in [1.54, 1.807) is 15.9 Å². The number of aryl methyl sites for hydroxylation is 2. The minimum absolute atomic E-state index is 0.00855. The zero-order chi connectivity index (χ0) is 18.3. The molecule has 2 aromatic rings. The number of fused-ring (bicyclic) bond motifs is 3. The van der Waals surface area contributed by atoms with E-state index in [9.17, 15) is 14.4 Å². The highest BCUT2D eigenvalue weighted by atomic mass is 32.2. The Bertz CT molecular complexity index is 950. The van der Waals surface area contributed by atoms with E-state index in [4.69, 9.17) is 4.98 Å². The maximum absolute atomic E-state index is 13.0. The van der Waals surface area contributed by atoms with Crippen LogP contribution in [0.3, 0.4) is 0 Å². The van der Waals surface area contributed by atoms with Crippen LogP contribution in [0, 0.1) is 0 Å². The van der Waals surface area contributed by atoms with E-state index in [2.05, 4.69) is 5.32 Å². The van der Waals surface area contributed by atoms with Crippen LogP contribution in [0.4, 0.5) is 4.79 Å². The lowest BCUT2D eigenvalue weighted by Crippen LogP contribution is -2.35. The molecule has 2 aromatic heterocycles. The van der Waals surface area contributed by atoms with Gasteiger partial charge in [0.25, 0.3) is 5.56 Å². The van der Waals surface area contributed by atoms with Gasteiger partial charge in [-0.05, 0) is 38.2 Å². The van der Waals surface area contributed by atoms with Gasteiger partial charge >= 0.3 is 6.03 Å². The molecule has 0 radical (unpaired) electrons. The van der Waals surface area contributed by atoms with Crippen molar-refractivity contribution < 1.29 is 9.59 Å². The standard InChI is InChI=1S/C17H20N4O3S2/c1-2-20-15(23)13-10-5-3-4-6-11(10)26-14(13)19-17(20)25-9-12(22)21-8-7-18-16(21)24/h2-9H2,1H3,(H,18,24). The first-order valence-electron chi connectivity index (χ1n) is 8.86. The highest BCUT2D eigenvalue weighted by Crippen LogP contribution is 2.34. The van der Waals surface area contributed by atoms with Crippen molar-refractivity contribution in [3.63, 3.8) is 0 Å². The smallest absolute Gasteiger partial charge is 0.324 e.